The lowest BCUT2D eigenvalue weighted by Crippen LogP contribution is -2.32. The molecule has 0 bridgehead atoms. The maximum absolute atomic E-state index is 15.5. The lowest BCUT2D eigenvalue weighted by atomic mass is 9.98. The van der Waals surface area contributed by atoms with E-state index in [9.17, 15) is 4.79 Å². The Hall–Kier alpha value is -3.82. The summed E-state index contributed by atoms with van der Waals surface area (Å²) in [7, 11) is 1.57. The van der Waals surface area contributed by atoms with E-state index in [0.29, 0.717) is 24.3 Å². The van der Waals surface area contributed by atoms with Gasteiger partial charge in [-0.3, -0.25) is 4.79 Å². The number of benzene rings is 3. The summed E-state index contributed by atoms with van der Waals surface area (Å²) in [5.74, 6) is -1.64. The molecule has 4 aromatic rings. The summed E-state index contributed by atoms with van der Waals surface area (Å²) in [6, 6.07) is 15.3. The van der Waals surface area contributed by atoms with Crippen LogP contribution in [0, 0.1) is 11.6 Å². The van der Waals surface area contributed by atoms with Crippen molar-refractivity contribution in [3.8, 4) is 28.3 Å². The van der Waals surface area contributed by atoms with E-state index in [1.807, 2.05) is 12.1 Å². The standard InChI is InChI=1S/C27H23F2N3O4/c1-30-26(33)17-8-4-15(5-9-17)14-2-6-16(7-3-14)22-18(28)12-19-24(23(22)29)32-27(31-19)36-21-13-35-20-10-11-34-25(20)21/h2-9,12,20-21,25H,10-11,13H2,1H3,(H,30,33)(H,31,32). The summed E-state index contributed by atoms with van der Waals surface area (Å²) >= 11 is 0. The van der Waals surface area contributed by atoms with Crippen LogP contribution in [0.1, 0.15) is 16.8 Å². The van der Waals surface area contributed by atoms with Gasteiger partial charge < -0.3 is 24.5 Å². The molecule has 3 atom stereocenters. The maximum atomic E-state index is 15.5. The molecule has 2 N–H and O–H groups in total. The summed E-state index contributed by atoms with van der Waals surface area (Å²) in [5.41, 5.74) is 2.71. The van der Waals surface area contributed by atoms with Gasteiger partial charge in [0, 0.05) is 25.3 Å². The van der Waals surface area contributed by atoms with Crippen molar-refractivity contribution in [1.29, 1.82) is 0 Å². The number of H-pyrrole nitrogens is 1. The number of aromatic amines is 1. The van der Waals surface area contributed by atoms with Crippen LogP contribution in [0.5, 0.6) is 6.01 Å². The lowest BCUT2D eigenvalue weighted by Gasteiger charge is -2.15. The molecule has 9 heteroatoms. The van der Waals surface area contributed by atoms with E-state index >= 15 is 8.78 Å². The van der Waals surface area contributed by atoms with Crippen LogP contribution in [-0.4, -0.2) is 54.4 Å². The number of carbonyl (C=O) groups is 1. The first kappa shape index (κ1) is 22.6. The Balaban J connectivity index is 1.27. The first-order chi connectivity index (χ1) is 17.5. The fourth-order valence-electron chi connectivity index (χ4n) is 4.84. The number of nitrogens with one attached hydrogen (secondary N) is 2. The van der Waals surface area contributed by atoms with E-state index in [4.69, 9.17) is 14.2 Å². The highest BCUT2D eigenvalue weighted by molar-refractivity contribution is 5.94. The average Bonchev–Trinajstić information content (AvgIpc) is 3.62. The molecule has 184 valence electrons. The molecular formula is C27H23F2N3O4. The smallest absolute Gasteiger partial charge is 0.295 e. The highest BCUT2D eigenvalue weighted by Crippen LogP contribution is 2.34. The predicted octanol–water partition coefficient (Wildman–Crippen LogP) is 4.47. The molecule has 0 spiro atoms. The zero-order chi connectivity index (χ0) is 24.8. The Kier molecular flexibility index (Phi) is 5.66. The van der Waals surface area contributed by atoms with Gasteiger partial charge in [0.15, 0.2) is 11.9 Å². The summed E-state index contributed by atoms with van der Waals surface area (Å²) in [6.07, 6.45) is 0.266. The van der Waals surface area contributed by atoms with Crippen molar-refractivity contribution in [1.82, 2.24) is 15.3 Å². The molecule has 2 fully saturated rings. The number of halogens is 2. The number of amides is 1. The van der Waals surface area contributed by atoms with Gasteiger partial charge in [-0.15, -0.1) is 0 Å². The van der Waals surface area contributed by atoms with Gasteiger partial charge in [-0.1, -0.05) is 36.4 Å². The van der Waals surface area contributed by atoms with E-state index < -0.39 is 11.6 Å². The van der Waals surface area contributed by atoms with Crippen molar-refractivity contribution >= 4 is 16.9 Å². The van der Waals surface area contributed by atoms with Crippen LogP contribution in [0.3, 0.4) is 0 Å². The Morgan fingerprint density at radius 1 is 1.06 bits per heavy atom. The van der Waals surface area contributed by atoms with E-state index in [1.165, 1.54) is 6.07 Å². The fourth-order valence-corrected chi connectivity index (χ4v) is 4.84. The van der Waals surface area contributed by atoms with Gasteiger partial charge in [0.05, 0.1) is 23.8 Å². The van der Waals surface area contributed by atoms with Crippen molar-refractivity contribution in [2.24, 2.45) is 0 Å². The minimum absolute atomic E-state index is 0.00179. The van der Waals surface area contributed by atoms with Crippen molar-refractivity contribution in [3.63, 3.8) is 0 Å². The number of hydrogen-bond acceptors (Lipinski definition) is 5. The largest absolute Gasteiger partial charge is 0.456 e. The molecule has 0 saturated carbocycles. The third kappa shape index (κ3) is 3.90. The lowest BCUT2D eigenvalue weighted by molar-refractivity contribution is 0.0273. The Labute approximate surface area is 205 Å². The van der Waals surface area contributed by atoms with Gasteiger partial charge in [-0.05, 0) is 35.2 Å². The summed E-state index contributed by atoms with van der Waals surface area (Å²) < 4.78 is 47.7. The number of rotatable bonds is 5. The van der Waals surface area contributed by atoms with Gasteiger partial charge in [0.2, 0.25) is 0 Å². The number of carbonyl (C=O) groups excluding carboxylic acids is 1. The first-order valence-corrected chi connectivity index (χ1v) is 11.7. The van der Waals surface area contributed by atoms with Crippen molar-refractivity contribution in [2.75, 3.05) is 20.3 Å². The average molecular weight is 491 g/mol. The second-order valence-electron chi connectivity index (χ2n) is 8.87. The molecule has 6 rings (SSSR count). The monoisotopic (exact) mass is 491 g/mol. The predicted molar refractivity (Wildman–Crippen MR) is 129 cm³/mol. The van der Waals surface area contributed by atoms with Crippen LogP contribution in [0.2, 0.25) is 0 Å². The second-order valence-corrected chi connectivity index (χ2v) is 8.87. The van der Waals surface area contributed by atoms with Gasteiger partial charge in [-0.2, -0.15) is 4.98 Å². The topological polar surface area (TPSA) is 85.5 Å². The summed E-state index contributed by atoms with van der Waals surface area (Å²) in [6.45, 7) is 0.966. The van der Waals surface area contributed by atoms with Gasteiger partial charge in [-0.25, -0.2) is 8.78 Å². The van der Waals surface area contributed by atoms with Crippen LogP contribution in [0.4, 0.5) is 8.78 Å². The van der Waals surface area contributed by atoms with Gasteiger partial charge in [0.1, 0.15) is 17.4 Å². The highest BCUT2D eigenvalue weighted by atomic mass is 19.1. The molecular weight excluding hydrogens is 468 g/mol. The first-order valence-electron chi connectivity index (χ1n) is 11.7. The number of aromatic nitrogens is 2. The molecule has 2 aliphatic heterocycles. The Bertz CT molecular complexity index is 1440. The van der Waals surface area contributed by atoms with Crippen molar-refractivity contribution in [2.45, 2.75) is 24.7 Å². The second kappa shape index (κ2) is 9.00. The molecule has 2 saturated heterocycles. The van der Waals surface area contributed by atoms with Crippen molar-refractivity contribution in [3.05, 3.63) is 71.8 Å². The van der Waals surface area contributed by atoms with E-state index in [2.05, 4.69) is 15.3 Å². The van der Waals surface area contributed by atoms with Gasteiger partial charge >= 0.3 is 0 Å². The number of hydrogen-bond donors (Lipinski definition) is 2. The van der Waals surface area contributed by atoms with Crippen LogP contribution >= 0.6 is 0 Å². The molecule has 3 unspecified atom stereocenters. The summed E-state index contributed by atoms with van der Waals surface area (Å²) in [4.78, 5) is 18.8. The molecule has 1 amide bonds. The molecule has 0 aliphatic carbocycles. The van der Waals surface area contributed by atoms with Crippen LogP contribution < -0.4 is 10.1 Å². The molecule has 36 heavy (non-hydrogen) atoms. The molecule has 0 radical (unpaired) electrons. The van der Waals surface area contributed by atoms with Crippen LogP contribution in [0.25, 0.3) is 33.3 Å². The number of fused-ring (bicyclic) bond motifs is 2. The SMILES string of the molecule is CNC(=O)c1ccc(-c2ccc(-c3c(F)cc4[nH]c(OC5COC6CCOC65)nc4c3F)cc2)cc1. The van der Waals surface area contributed by atoms with Gasteiger partial charge in [0.25, 0.3) is 11.9 Å². The minimum atomic E-state index is -0.767. The zero-order valence-corrected chi connectivity index (χ0v) is 19.4. The third-order valence-electron chi connectivity index (χ3n) is 6.71. The minimum Gasteiger partial charge on any atom is -0.456 e. The van der Waals surface area contributed by atoms with Crippen LogP contribution in [-0.2, 0) is 9.47 Å². The zero-order valence-electron chi connectivity index (χ0n) is 19.4. The molecule has 1 aromatic heterocycles. The number of ether oxygens (including phenoxy) is 3. The highest BCUT2D eigenvalue weighted by Gasteiger charge is 2.43. The number of imidazole rings is 1. The van der Waals surface area contributed by atoms with E-state index in [1.54, 1.807) is 43.4 Å². The van der Waals surface area contributed by atoms with E-state index in [0.717, 1.165) is 17.5 Å². The number of nitrogens with zero attached hydrogens (tertiary/aromatic N) is 1. The van der Waals surface area contributed by atoms with Crippen molar-refractivity contribution < 1.29 is 27.8 Å². The summed E-state index contributed by atoms with van der Waals surface area (Å²) in [5, 5.41) is 2.58. The van der Waals surface area contributed by atoms with E-state index in [-0.39, 0.29) is 46.8 Å². The van der Waals surface area contributed by atoms with Crippen LogP contribution in [0.15, 0.2) is 54.6 Å². The molecule has 2 aliphatic rings. The quantitative estimate of drug-likeness (QED) is 0.430. The molecule has 3 aromatic carbocycles. The fraction of sp³-hybridized carbons (Fsp3) is 0.259. The normalized spacial score (nSPS) is 21.0. The molecule has 7 nitrogen and oxygen atoms in total. The Morgan fingerprint density at radius 2 is 1.75 bits per heavy atom. The maximum Gasteiger partial charge on any atom is 0.295 e. The molecule has 3 heterocycles. The Morgan fingerprint density at radius 3 is 2.47 bits per heavy atom. The third-order valence-corrected chi connectivity index (χ3v) is 6.71.